The number of hydrogen-bond donors (Lipinski definition) is 1. The molecule has 1 N–H and O–H groups in total. The molecule has 0 aliphatic heterocycles. The summed E-state index contributed by atoms with van der Waals surface area (Å²) in [6.07, 6.45) is 0. The summed E-state index contributed by atoms with van der Waals surface area (Å²) >= 11 is 8.47. The molecular formula is C26H27ClIN3O4S. The van der Waals surface area contributed by atoms with Crippen molar-refractivity contribution in [3.63, 3.8) is 0 Å². The molecule has 1 unspecified atom stereocenters. The molecule has 0 aromatic heterocycles. The number of amides is 2. The van der Waals surface area contributed by atoms with Gasteiger partial charge in [0.15, 0.2) is 0 Å². The number of nitrogens with one attached hydrogen (secondary N) is 1. The van der Waals surface area contributed by atoms with E-state index in [2.05, 4.69) is 27.9 Å². The van der Waals surface area contributed by atoms with E-state index < -0.39 is 28.5 Å². The van der Waals surface area contributed by atoms with Gasteiger partial charge in [-0.2, -0.15) is 0 Å². The predicted octanol–water partition coefficient (Wildman–Crippen LogP) is 4.69. The van der Waals surface area contributed by atoms with Crippen LogP contribution in [0.15, 0.2) is 83.8 Å². The minimum absolute atomic E-state index is 0.0444. The van der Waals surface area contributed by atoms with Gasteiger partial charge in [-0.1, -0.05) is 48.0 Å². The summed E-state index contributed by atoms with van der Waals surface area (Å²) in [5.74, 6) is -0.878. The minimum Gasteiger partial charge on any atom is -0.355 e. The highest BCUT2D eigenvalue weighted by Crippen LogP contribution is 2.26. The van der Waals surface area contributed by atoms with Gasteiger partial charge in [0.2, 0.25) is 11.8 Å². The molecule has 3 aromatic rings. The molecule has 0 fully saturated rings. The smallest absolute Gasteiger partial charge is 0.264 e. The van der Waals surface area contributed by atoms with Crippen molar-refractivity contribution in [3.8, 4) is 0 Å². The lowest BCUT2D eigenvalue weighted by Crippen LogP contribution is -2.51. The Kier molecular flexibility index (Phi) is 9.75. The molecule has 0 heterocycles. The normalized spacial score (nSPS) is 12.0. The van der Waals surface area contributed by atoms with Crippen molar-refractivity contribution in [3.05, 3.63) is 93.0 Å². The maximum Gasteiger partial charge on any atom is 0.264 e. The van der Waals surface area contributed by atoms with Crippen LogP contribution in [0, 0.1) is 3.57 Å². The lowest BCUT2D eigenvalue weighted by atomic mass is 10.1. The first-order chi connectivity index (χ1) is 17.1. The van der Waals surface area contributed by atoms with Crippen LogP contribution in [0.3, 0.4) is 0 Å². The number of rotatable bonds is 10. The Labute approximate surface area is 230 Å². The summed E-state index contributed by atoms with van der Waals surface area (Å²) in [5.41, 5.74) is 0.992. The zero-order chi connectivity index (χ0) is 26.3. The van der Waals surface area contributed by atoms with Crippen LogP contribution < -0.4 is 9.62 Å². The van der Waals surface area contributed by atoms with Crippen molar-refractivity contribution in [2.75, 3.05) is 17.4 Å². The Bertz CT molecular complexity index is 1300. The molecule has 3 aromatic carbocycles. The van der Waals surface area contributed by atoms with E-state index in [0.29, 0.717) is 22.8 Å². The van der Waals surface area contributed by atoms with Crippen molar-refractivity contribution in [1.29, 1.82) is 0 Å². The fraction of sp³-hybridized carbons (Fsp3) is 0.231. The molecule has 7 nitrogen and oxygen atoms in total. The largest absolute Gasteiger partial charge is 0.355 e. The fourth-order valence-electron chi connectivity index (χ4n) is 3.57. The van der Waals surface area contributed by atoms with E-state index in [9.17, 15) is 18.0 Å². The topological polar surface area (TPSA) is 86.8 Å². The Morgan fingerprint density at radius 3 is 2.19 bits per heavy atom. The number of halogens is 2. The van der Waals surface area contributed by atoms with Gasteiger partial charge in [-0.15, -0.1) is 0 Å². The molecule has 0 spiro atoms. The average Bonchev–Trinajstić information content (AvgIpc) is 2.87. The first kappa shape index (κ1) is 27.9. The van der Waals surface area contributed by atoms with Gasteiger partial charge in [0.25, 0.3) is 10.0 Å². The first-order valence-electron chi connectivity index (χ1n) is 11.3. The zero-order valence-electron chi connectivity index (χ0n) is 19.9. The van der Waals surface area contributed by atoms with Crippen LogP contribution in [0.25, 0.3) is 0 Å². The van der Waals surface area contributed by atoms with Crippen molar-refractivity contribution < 1.29 is 18.0 Å². The lowest BCUT2D eigenvalue weighted by molar-refractivity contribution is -0.139. The third-order valence-corrected chi connectivity index (χ3v) is 8.42. The number of hydrogen-bond acceptors (Lipinski definition) is 4. The Hall–Kier alpha value is -2.63. The number of benzene rings is 3. The molecule has 0 aliphatic rings. The lowest BCUT2D eigenvalue weighted by Gasteiger charge is -2.32. The summed E-state index contributed by atoms with van der Waals surface area (Å²) in [4.78, 5) is 27.9. The third-order valence-electron chi connectivity index (χ3n) is 5.54. The monoisotopic (exact) mass is 639 g/mol. The number of nitrogens with zero attached hydrogens (tertiary/aromatic N) is 2. The molecule has 2 amide bonds. The van der Waals surface area contributed by atoms with Gasteiger partial charge in [-0.25, -0.2) is 8.42 Å². The summed E-state index contributed by atoms with van der Waals surface area (Å²) < 4.78 is 29.3. The molecule has 0 saturated carbocycles. The highest BCUT2D eigenvalue weighted by molar-refractivity contribution is 14.1. The third kappa shape index (κ3) is 6.77. The van der Waals surface area contributed by atoms with E-state index in [1.54, 1.807) is 80.6 Å². The van der Waals surface area contributed by atoms with Gasteiger partial charge in [0, 0.05) is 21.7 Å². The number of carbonyl (C=O) groups is 2. The van der Waals surface area contributed by atoms with Crippen molar-refractivity contribution in [2.45, 2.75) is 31.3 Å². The second kappa shape index (κ2) is 12.6. The molecule has 0 bridgehead atoms. The van der Waals surface area contributed by atoms with Crippen LogP contribution in [0.5, 0.6) is 0 Å². The van der Waals surface area contributed by atoms with Crippen LogP contribution in [-0.4, -0.2) is 44.3 Å². The Balaban J connectivity index is 2.02. The Morgan fingerprint density at radius 1 is 0.972 bits per heavy atom. The van der Waals surface area contributed by atoms with Gasteiger partial charge in [0.05, 0.1) is 10.6 Å². The van der Waals surface area contributed by atoms with Crippen molar-refractivity contribution in [1.82, 2.24) is 10.2 Å². The van der Waals surface area contributed by atoms with Crippen LogP contribution in [0.1, 0.15) is 19.4 Å². The van der Waals surface area contributed by atoms with E-state index in [1.807, 2.05) is 0 Å². The number of carbonyl (C=O) groups excluding carboxylic acids is 2. The molecule has 190 valence electrons. The highest BCUT2D eigenvalue weighted by Gasteiger charge is 2.32. The second-order valence-electron chi connectivity index (χ2n) is 7.98. The number of sulfonamides is 1. The maximum atomic E-state index is 13.7. The van der Waals surface area contributed by atoms with Gasteiger partial charge >= 0.3 is 0 Å². The molecular weight excluding hydrogens is 613 g/mol. The van der Waals surface area contributed by atoms with Crippen LogP contribution >= 0.6 is 34.2 Å². The van der Waals surface area contributed by atoms with Gasteiger partial charge in [-0.3, -0.25) is 13.9 Å². The highest BCUT2D eigenvalue weighted by atomic mass is 127. The minimum atomic E-state index is -4.08. The van der Waals surface area contributed by atoms with E-state index in [1.165, 1.54) is 17.0 Å². The van der Waals surface area contributed by atoms with E-state index in [4.69, 9.17) is 11.6 Å². The van der Waals surface area contributed by atoms with Gasteiger partial charge in [0.1, 0.15) is 12.6 Å². The van der Waals surface area contributed by atoms with E-state index >= 15 is 0 Å². The van der Waals surface area contributed by atoms with E-state index in [-0.39, 0.29) is 17.3 Å². The molecule has 10 heteroatoms. The van der Waals surface area contributed by atoms with Crippen molar-refractivity contribution >= 4 is 61.7 Å². The first-order valence-corrected chi connectivity index (χ1v) is 14.2. The summed E-state index contributed by atoms with van der Waals surface area (Å²) in [6, 6.07) is 21.0. The predicted molar refractivity (Wildman–Crippen MR) is 150 cm³/mol. The standard InChI is InChI=1S/C26H27ClIN3O4S/c1-3-29-26(33)19(2)30(17-20-9-7-8-12-24(20)27)25(32)18-31(22-15-13-21(28)14-16-22)36(34,35)23-10-5-4-6-11-23/h4-16,19H,3,17-18H2,1-2H3,(H,29,33). The van der Waals surface area contributed by atoms with Crippen LogP contribution in [0.4, 0.5) is 5.69 Å². The quantitative estimate of drug-likeness (QED) is 0.326. The summed E-state index contributed by atoms with van der Waals surface area (Å²) in [5, 5.41) is 3.18. The maximum absolute atomic E-state index is 13.7. The SMILES string of the molecule is CCNC(=O)C(C)N(Cc1ccccc1Cl)C(=O)CN(c1ccc(I)cc1)S(=O)(=O)c1ccccc1. The fourth-order valence-corrected chi connectivity index (χ4v) is 5.56. The summed E-state index contributed by atoms with van der Waals surface area (Å²) in [7, 11) is -4.08. The Morgan fingerprint density at radius 2 is 1.58 bits per heavy atom. The molecule has 0 saturated heterocycles. The zero-order valence-corrected chi connectivity index (χ0v) is 23.6. The summed E-state index contributed by atoms with van der Waals surface area (Å²) in [6.45, 7) is 3.35. The second-order valence-corrected chi connectivity index (χ2v) is 11.5. The number of anilines is 1. The van der Waals surface area contributed by atoms with Gasteiger partial charge in [-0.05, 0) is 84.5 Å². The van der Waals surface area contributed by atoms with E-state index in [0.717, 1.165) is 7.88 Å². The van der Waals surface area contributed by atoms with Crippen molar-refractivity contribution in [2.24, 2.45) is 0 Å². The molecule has 1 atom stereocenters. The van der Waals surface area contributed by atoms with Crippen LogP contribution in [0.2, 0.25) is 5.02 Å². The molecule has 0 aliphatic carbocycles. The molecule has 0 radical (unpaired) electrons. The molecule has 3 rings (SSSR count). The van der Waals surface area contributed by atoms with Gasteiger partial charge < -0.3 is 10.2 Å². The average molecular weight is 640 g/mol. The number of likely N-dealkylation sites (N-methyl/N-ethyl adjacent to an activating group) is 1. The molecule has 36 heavy (non-hydrogen) atoms. The van der Waals surface area contributed by atoms with Crippen LogP contribution in [-0.2, 0) is 26.2 Å².